The fourth-order valence-electron chi connectivity index (χ4n) is 2.88. The molecule has 7 heteroatoms. The van der Waals surface area contributed by atoms with Gasteiger partial charge in [0.15, 0.2) is 0 Å². The summed E-state index contributed by atoms with van der Waals surface area (Å²) in [5, 5.41) is 2.86. The molecule has 0 saturated carbocycles. The Balaban J connectivity index is 1.75. The van der Waals surface area contributed by atoms with Gasteiger partial charge >= 0.3 is 0 Å². The van der Waals surface area contributed by atoms with Crippen LogP contribution in [0, 0.1) is 0 Å². The van der Waals surface area contributed by atoms with E-state index in [-0.39, 0.29) is 10.8 Å². The summed E-state index contributed by atoms with van der Waals surface area (Å²) < 4.78 is 25.1. The average molecular weight is 360 g/mol. The first-order valence-corrected chi connectivity index (χ1v) is 9.42. The third kappa shape index (κ3) is 3.58. The van der Waals surface area contributed by atoms with Crippen LogP contribution in [0.4, 0.5) is 5.69 Å². The number of fused-ring (bicyclic) bond motifs is 1. The van der Waals surface area contributed by atoms with E-state index in [1.54, 1.807) is 0 Å². The van der Waals surface area contributed by atoms with Crippen molar-refractivity contribution < 1.29 is 18.0 Å². The Morgan fingerprint density at radius 1 is 1.08 bits per heavy atom. The van der Waals surface area contributed by atoms with Gasteiger partial charge in [0.25, 0.3) is 15.9 Å². The predicted molar refractivity (Wildman–Crippen MR) is 94.8 cm³/mol. The Hall–Kier alpha value is -2.22. The van der Waals surface area contributed by atoms with Crippen LogP contribution in [-0.2, 0) is 27.7 Å². The number of carbonyl (C=O) groups is 1. The van der Waals surface area contributed by atoms with Crippen LogP contribution in [0.2, 0.25) is 0 Å². The molecule has 2 aromatic carbocycles. The van der Waals surface area contributed by atoms with Crippen molar-refractivity contribution in [1.29, 1.82) is 0 Å². The summed E-state index contributed by atoms with van der Waals surface area (Å²) in [7, 11) is -1.13. The van der Waals surface area contributed by atoms with Crippen LogP contribution in [0.15, 0.2) is 47.4 Å². The van der Waals surface area contributed by atoms with E-state index in [2.05, 4.69) is 5.32 Å². The molecule has 0 aliphatic heterocycles. The van der Waals surface area contributed by atoms with Crippen LogP contribution >= 0.6 is 0 Å². The van der Waals surface area contributed by atoms with Gasteiger partial charge in [-0.25, -0.2) is 8.42 Å². The van der Waals surface area contributed by atoms with Gasteiger partial charge in [0.1, 0.15) is 0 Å². The lowest BCUT2D eigenvalue weighted by molar-refractivity contribution is -0.0258. The summed E-state index contributed by atoms with van der Waals surface area (Å²) >= 11 is 0. The molecule has 0 saturated heterocycles. The van der Waals surface area contributed by atoms with Gasteiger partial charge in [-0.2, -0.15) is 0 Å². The number of nitrogens with zero attached hydrogens (tertiary/aromatic N) is 1. The molecule has 0 atom stereocenters. The maximum absolute atomic E-state index is 12.4. The highest BCUT2D eigenvalue weighted by Gasteiger charge is 2.21. The molecule has 1 aliphatic rings. The molecule has 132 valence electrons. The highest BCUT2D eigenvalue weighted by atomic mass is 32.2. The smallest absolute Gasteiger partial charge is 0.264 e. The molecular weight excluding hydrogens is 340 g/mol. The molecular formula is C18H20N2O4S. The molecule has 0 radical (unpaired) electrons. The highest BCUT2D eigenvalue weighted by Crippen LogP contribution is 2.25. The van der Waals surface area contributed by atoms with Gasteiger partial charge in [-0.1, -0.05) is 10.5 Å². The summed E-state index contributed by atoms with van der Waals surface area (Å²) in [5.41, 5.74) is 3.76. The van der Waals surface area contributed by atoms with Gasteiger partial charge < -0.3 is 5.32 Å². The average Bonchev–Trinajstić information content (AvgIpc) is 3.08. The third-order valence-electron chi connectivity index (χ3n) is 4.37. The topological polar surface area (TPSA) is 75.7 Å². The number of benzene rings is 2. The zero-order valence-electron chi connectivity index (χ0n) is 14.2. The van der Waals surface area contributed by atoms with E-state index in [1.807, 2.05) is 18.2 Å². The number of aryl methyl sites for hydroxylation is 2. The number of sulfonamides is 1. The number of hydroxylamine groups is 1. The van der Waals surface area contributed by atoms with Crippen LogP contribution in [0.3, 0.4) is 0 Å². The van der Waals surface area contributed by atoms with Crippen LogP contribution in [-0.4, -0.2) is 33.0 Å². The second-order valence-electron chi connectivity index (χ2n) is 5.91. The summed E-state index contributed by atoms with van der Waals surface area (Å²) in [6, 6.07) is 11.7. The summed E-state index contributed by atoms with van der Waals surface area (Å²) in [5.74, 6) is -0.276. The maximum atomic E-state index is 12.4. The van der Waals surface area contributed by atoms with Crippen LogP contribution in [0.5, 0.6) is 0 Å². The van der Waals surface area contributed by atoms with E-state index in [0.29, 0.717) is 5.56 Å². The van der Waals surface area contributed by atoms with Crippen LogP contribution in [0.1, 0.15) is 27.9 Å². The maximum Gasteiger partial charge on any atom is 0.264 e. The largest absolute Gasteiger partial charge is 0.322 e. The minimum absolute atomic E-state index is 0.0610. The quantitative estimate of drug-likeness (QED) is 0.832. The molecule has 1 N–H and O–H groups in total. The number of hydrogen-bond acceptors (Lipinski definition) is 4. The molecule has 0 unspecified atom stereocenters. The summed E-state index contributed by atoms with van der Waals surface area (Å²) in [6.07, 6.45) is 3.28. The molecule has 3 rings (SSSR count). The van der Waals surface area contributed by atoms with Crippen molar-refractivity contribution in [2.45, 2.75) is 24.2 Å². The summed E-state index contributed by atoms with van der Waals surface area (Å²) in [6.45, 7) is 0. The first-order valence-electron chi connectivity index (χ1n) is 7.98. The Kier molecular flexibility index (Phi) is 4.89. The van der Waals surface area contributed by atoms with Gasteiger partial charge in [0, 0.05) is 18.3 Å². The second kappa shape index (κ2) is 6.95. The first-order chi connectivity index (χ1) is 11.9. The zero-order valence-corrected chi connectivity index (χ0v) is 15.0. The minimum atomic E-state index is -3.72. The van der Waals surface area contributed by atoms with E-state index in [1.165, 1.54) is 49.5 Å². The Labute approximate surface area is 147 Å². The number of nitrogens with one attached hydrogen (secondary N) is 1. The van der Waals surface area contributed by atoms with Gasteiger partial charge in [0.2, 0.25) is 0 Å². The lowest BCUT2D eigenvalue weighted by Crippen LogP contribution is -2.25. The highest BCUT2D eigenvalue weighted by molar-refractivity contribution is 7.89. The van der Waals surface area contributed by atoms with Gasteiger partial charge in [-0.05, 0) is 66.8 Å². The lowest BCUT2D eigenvalue weighted by atomic mass is 10.1. The Bertz CT molecular complexity index is 892. The van der Waals surface area contributed by atoms with Crippen molar-refractivity contribution in [2.24, 2.45) is 0 Å². The van der Waals surface area contributed by atoms with Crippen molar-refractivity contribution in [3.05, 3.63) is 59.2 Å². The molecule has 0 bridgehead atoms. The number of anilines is 1. The van der Waals surface area contributed by atoms with Gasteiger partial charge in [-0.3, -0.25) is 9.63 Å². The third-order valence-corrected chi connectivity index (χ3v) is 6.06. The van der Waals surface area contributed by atoms with E-state index >= 15 is 0 Å². The normalized spacial score (nSPS) is 13.7. The van der Waals surface area contributed by atoms with Gasteiger partial charge in [-0.15, -0.1) is 0 Å². The molecule has 25 heavy (non-hydrogen) atoms. The number of carbonyl (C=O) groups excluding carboxylic acids is 1. The molecule has 0 aromatic heterocycles. The molecule has 1 aliphatic carbocycles. The van der Waals surface area contributed by atoms with Crippen molar-refractivity contribution in [1.82, 2.24) is 4.47 Å². The number of rotatable bonds is 5. The van der Waals surface area contributed by atoms with E-state index in [4.69, 9.17) is 4.84 Å². The van der Waals surface area contributed by atoms with Gasteiger partial charge in [0.05, 0.1) is 12.0 Å². The standard InChI is InChI=1S/C18H20N2O4S/c1-20(24-2)25(22,23)17-10-7-14(8-11-17)18(21)19-16-9-6-13-4-3-5-15(13)12-16/h6-12H,3-5H2,1-2H3,(H,19,21). The Morgan fingerprint density at radius 3 is 2.44 bits per heavy atom. The summed E-state index contributed by atoms with van der Waals surface area (Å²) in [4.78, 5) is 17.2. The molecule has 2 aromatic rings. The molecule has 0 heterocycles. The minimum Gasteiger partial charge on any atom is -0.322 e. The van der Waals surface area contributed by atoms with Crippen molar-refractivity contribution in [3.63, 3.8) is 0 Å². The van der Waals surface area contributed by atoms with E-state index < -0.39 is 10.0 Å². The molecule has 0 spiro atoms. The molecule has 1 amide bonds. The van der Waals surface area contributed by atoms with E-state index in [0.717, 1.165) is 29.4 Å². The SMILES string of the molecule is CON(C)S(=O)(=O)c1ccc(C(=O)Nc2ccc3c(c2)CCC3)cc1. The molecule has 6 nitrogen and oxygen atoms in total. The zero-order chi connectivity index (χ0) is 18.0. The van der Waals surface area contributed by atoms with Crippen molar-refractivity contribution in [2.75, 3.05) is 19.5 Å². The number of amides is 1. The second-order valence-corrected chi connectivity index (χ2v) is 7.85. The predicted octanol–water partition coefficient (Wildman–Crippen LogP) is 2.61. The number of hydrogen-bond donors (Lipinski definition) is 1. The van der Waals surface area contributed by atoms with Crippen molar-refractivity contribution >= 4 is 21.6 Å². The van der Waals surface area contributed by atoms with Crippen LogP contribution in [0.25, 0.3) is 0 Å². The molecule has 0 fully saturated rings. The fraction of sp³-hybridized carbons (Fsp3) is 0.278. The fourth-order valence-corrected chi connectivity index (χ4v) is 3.85. The lowest BCUT2D eigenvalue weighted by Gasteiger charge is -2.14. The monoisotopic (exact) mass is 360 g/mol. The van der Waals surface area contributed by atoms with E-state index in [9.17, 15) is 13.2 Å². The van der Waals surface area contributed by atoms with Crippen molar-refractivity contribution in [3.8, 4) is 0 Å². The Morgan fingerprint density at radius 2 is 1.76 bits per heavy atom. The van der Waals surface area contributed by atoms with Crippen LogP contribution < -0.4 is 5.32 Å². The first kappa shape index (κ1) is 17.6.